The zero-order valence-corrected chi connectivity index (χ0v) is 13.2. The van der Waals surface area contributed by atoms with Crippen molar-refractivity contribution in [1.82, 2.24) is 10.2 Å². The molecule has 1 atom stereocenters. The highest BCUT2D eigenvalue weighted by Gasteiger charge is 2.19. The molecule has 0 fully saturated rings. The fraction of sp³-hybridized carbons (Fsp3) is 0.538. The van der Waals surface area contributed by atoms with Crippen LogP contribution in [0.2, 0.25) is 0 Å². The highest BCUT2D eigenvalue weighted by Crippen LogP contribution is 2.39. The number of hydrogen-bond acceptors (Lipinski definition) is 4. The summed E-state index contributed by atoms with van der Waals surface area (Å²) in [6.45, 7) is 0.894. The lowest BCUT2D eigenvalue weighted by Gasteiger charge is -2.24. The van der Waals surface area contributed by atoms with Crippen molar-refractivity contribution in [2.75, 3.05) is 41.9 Å². The molecule has 1 unspecified atom stereocenters. The third-order valence-electron chi connectivity index (χ3n) is 2.79. The van der Waals surface area contributed by atoms with Crippen LogP contribution >= 0.6 is 15.9 Å². The van der Waals surface area contributed by atoms with E-state index in [-0.39, 0.29) is 6.04 Å². The van der Waals surface area contributed by atoms with Gasteiger partial charge in [-0.25, -0.2) is 0 Å². The second kappa shape index (κ2) is 6.97. The van der Waals surface area contributed by atoms with Gasteiger partial charge in [-0.1, -0.05) is 0 Å². The van der Waals surface area contributed by atoms with Crippen LogP contribution < -0.4 is 14.8 Å². The zero-order valence-electron chi connectivity index (χ0n) is 11.6. The van der Waals surface area contributed by atoms with Crippen molar-refractivity contribution in [1.29, 1.82) is 0 Å². The Kier molecular flexibility index (Phi) is 5.91. The molecule has 0 aromatic heterocycles. The van der Waals surface area contributed by atoms with Gasteiger partial charge in [0.15, 0.2) is 0 Å². The highest BCUT2D eigenvalue weighted by atomic mass is 79.9. The van der Waals surface area contributed by atoms with Gasteiger partial charge >= 0.3 is 0 Å². The summed E-state index contributed by atoms with van der Waals surface area (Å²) in [6, 6.07) is 4.19. The molecule has 18 heavy (non-hydrogen) atoms. The number of hydrogen-bond donors (Lipinski definition) is 1. The lowest BCUT2D eigenvalue weighted by Crippen LogP contribution is -2.29. The minimum Gasteiger partial charge on any atom is -0.495 e. The molecule has 0 bridgehead atoms. The third-order valence-corrected chi connectivity index (χ3v) is 3.54. The number of halogens is 1. The van der Waals surface area contributed by atoms with Crippen LogP contribution in [-0.4, -0.2) is 46.8 Å². The van der Waals surface area contributed by atoms with Crippen LogP contribution in [0.25, 0.3) is 0 Å². The Morgan fingerprint density at radius 3 is 2.39 bits per heavy atom. The van der Waals surface area contributed by atoms with E-state index in [4.69, 9.17) is 9.47 Å². The number of methoxy groups -OCH3 is 2. The Morgan fingerprint density at radius 1 is 1.28 bits per heavy atom. The Bertz CT molecular complexity index is 397. The number of rotatable bonds is 6. The van der Waals surface area contributed by atoms with E-state index in [1.807, 2.05) is 19.2 Å². The smallest absolute Gasteiger partial charge is 0.141 e. The molecule has 0 aliphatic rings. The first kappa shape index (κ1) is 15.3. The quantitative estimate of drug-likeness (QED) is 0.873. The minimum atomic E-state index is 0.206. The second-order valence-electron chi connectivity index (χ2n) is 4.31. The number of ether oxygens (including phenoxy) is 2. The first-order valence-electron chi connectivity index (χ1n) is 5.77. The van der Waals surface area contributed by atoms with Crippen molar-refractivity contribution in [3.63, 3.8) is 0 Å². The van der Waals surface area contributed by atoms with Gasteiger partial charge in [0.25, 0.3) is 0 Å². The van der Waals surface area contributed by atoms with Crippen LogP contribution in [0.4, 0.5) is 0 Å². The summed E-state index contributed by atoms with van der Waals surface area (Å²) in [6.07, 6.45) is 0. The molecule has 0 saturated heterocycles. The minimum absolute atomic E-state index is 0.206. The molecule has 0 radical (unpaired) electrons. The van der Waals surface area contributed by atoms with Gasteiger partial charge in [0.2, 0.25) is 0 Å². The van der Waals surface area contributed by atoms with Crippen LogP contribution in [0.1, 0.15) is 11.6 Å². The van der Waals surface area contributed by atoms with Gasteiger partial charge in [-0.05, 0) is 49.2 Å². The van der Waals surface area contributed by atoms with Crippen molar-refractivity contribution < 1.29 is 9.47 Å². The molecule has 102 valence electrons. The van der Waals surface area contributed by atoms with E-state index >= 15 is 0 Å². The Morgan fingerprint density at radius 2 is 1.94 bits per heavy atom. The van der Waals surface area contributed by atoms with E-state index in [9.17, 15) is 0 Å². The van der Waals surface area contributed by atoms with Crippen molar-refractivity contribution in [3.8, 4) is 11.5 Å². The molecule has 0 amide bonds. The van der Waals surface area contributed by atoms with Crippen molar-refractivity contribution in [2.24, 2.45) is 0 Å². The molecular formula is C13H21BrN2O2. The molecular weight excluding hydrogens is 296 g/mol. The largest absolute Gasteiger partial charge is 0.495 e. The number of nitrogens with zero attached hydrogens (tertiary/aromatic N) is 1. The van der Waals surface area contributed by atoms with Gasteiger partial charge in [-0.3, -0.25) is 0 Å². The Labute approximate surface area is 117 Å². The molecule has 0 heterocycles. The van der Waals surface area contributed by atoms with Crippen LogP contribution in [0.3, 0.4) is 0 Å². The monoisotopic (exact) mass is 316 g/mol. The first-order chi connectivity index (χ1) is 8.54. The molecule has 5 heteroatoms. The molecule has 0 aliphatic carbocycles. The standard InChI is InChI=1S/C13H21BrN2O2/c1-15-10(8-16(2)3)9-6-7-11(17-4)12(14)13(9)18-5/h6-7,10,15H,8H2,1-5H3. The van der Waals surface area contributed by atoms with Gasteiger partial charge < -0.3 is 19.7 Å². The third kappa shape index (κ3) is 3.37. The topological polar surface area (TPSA) is 33.7 Å². The van der Waals surface area contributed by atoms with Crippen molar-refractivity contribution in [2.45, 2.75) is 6.04 Å². The van der Waals surface area contributed by atoms with Crippen LogP contribution in [0.5, 0.6) is 11.5 Å². The second-order valence-corrected chi connectivity index (χ2v) is 5.10. The summed E-state index contributed by atoms with van der Waals surface area (Å²) in [5, 5.41) is 3.31. The van der Waals surface area contributed by atoms with E-state index < -0.39 is 0 Å². The summed E-state index contributed by atoms with van der Waals surface area (Å²) >= 11 is 3.52. The maximum atomic E-state index is 5.50. The molecule has 1 rings (SSSR count). The number of nitrogens with one attached hydrogen (secondary N) is 1. The lowest BCUT2D eigenvalue weighted by atomic mass is 10.0. The fourth-order valence-electron chi connectivity index (χ4n) is 1.90. The summed E-state index contributed by atoms with van der Waals surface area (Å²) < 4.78 is 11.6. The number of benzene rings is 1. The van der Waals surface area contributed by atoms with E-state index in [0.717, 1.165) is 28.1 Å². The van der Waals surface area contributed by atoms with Crippen LogP contribution in [0.15, 0.2) is 16.6 Å². The van der Waals surface area contributed by atoms with Gasteiger partial charge in [-0.2, -0.15) is 0 Å². The summed E-state index contributed by atoms with van der Waals surface area (Å²) in [5.74, 6) is 1.59. The van der Waals surface area contributed by atoms with Gasteiger partial charge in [0, 0.05) is 18.2 Å². The normalized spacial score (nSPS) is 12.6. The predicted octanol–water partition coefficient (Wildman–Crippen LogP) is 2.29. The summed E-state index contributed by atoms with van der Waals surface area (Å²) in [5.41, 5.74) is 1.11. The Balaban J connectivity index is 3.18. The average molecular weight is 317 g/mol. The summed E-state index contributed by atoms with van der Waals surface area (Å²) in [4.78, 5) is 2.14. The molecule has 1 aromatic rings. The fourth-order valence-corrected chi connectivity index (χ4v) is 2.59. The molecule has 0 spiro atoms. The first-order valence-corrected chi connectivity index (χ1v) is 6.56. The molecule has 0 aliphatic heterocycles. The summed E-state index contributed by atoms with van der Waals surface area (Å²) in [7, 11) is 9.37. The van der Waals surface area contributed by atoms with Gasteiger partial charge in [0.05, 0.1) is 14.2 Å². The van der Waals surface area contributed by atoms with Crippen LogP contribution in [-0.2, 0) is 0 Å². The van der Waals surface area contributed by atoms with Crippen molar-refractivity contribution in [3.05, 3.63) is 22.2 Å². The van der Waals surface area contributed by atoms with E-state index in [0.29, 0.717) is 0 Å². The van der Waals surface area contributed by atoms with E-state index in [1.165, 1.54) is 0 Å². The average Bonchev–Trinajstić information content (AvgIpc) is 2.35. The predicted molar refractivity (Wildman–Crippen MR) is 77.6 cm³/mol. The maximum Gasteiger partial charge on any atom is 0.141 e. The lowest BCUT2D eigenvalue weighted by molar-refractivity contribution is 0.338. The zero-order chi connectivity index (χ0) is 13.7. The molecule has 1 N–H and O–H groups in total. The maximum absolute atomic E-state index is 5.50. The van der Waals surface area contributed by atoms with E-state index in [2.05, 4.69) is 40.2 Å². The number of likely N-dealkylation sites (N-methyl/N-ethyl adjacent to an activating group) is 2. The molecule has 4 nitrogen and oxygen atoms in total. The molecule has 0 saturated carbocycles. The Hall–Kier alpha value is -0.780. The van der Waals surface area contributed by atoms with E-state index in [1.54, 1.807) is 14.2 Å². The highest BCUT2D eigenvalue weighted by molar-refractivity contribution is 9.10. The van der Waals surface area contributed by atoms with Crippen LogP contribution in [0, 0.1) is 0 Å². The van der Waals surface area contributed by atoms with Crippen molar-refractivity contribution >= 4 is 15.9 Å². The van der Waals surface area contributed by atoms with Gasteiger partial charge in [0.1, 0.15) is 16.0 Å². The van der Waals surface area contributed by atoms with Gasteiger partial charge in [-0.15, -0.1) is 0 Å². The SMILES string of the molecule is CNC(CN(C)C)c1ccc(OC)c(Br)c1OC. The molecule has 1 aromatic carbocycles.